The van der Waals surface area contributed by atoms with E-state index in [4.69, 9.17) is 15.6 Å². The van der Waals surface area contributed by atoms with Gasteiger partial charge in [-0.15, -0.1) is 0 Å². The number of carbonyl (C=O) groups is 3. The van der Waals surface area contributed by atoms with Crippen LogP contribution < -0.4 is 5.73 Å². The SMILES string of the molecule is CC(C)(C)OC(=O)C(=O)[C@@H](N)CC(=O)O. The highest BCUT2D eigenvalue weighted by Crippen LogP contribution is 2.08. The molecule has 0 saturated heterocycles. The van der Waals surface area contributed by atoms with E-state index in [0.29, 0.717) is 0 Å². The topological polar surface area (TPSA) is 107 Å². The fourth-order valence-electron chi connectivity index (χ4n) is 0.761. The van der Waals surface area contributed by atoms with Gasteiger partial charge in [-0.05, 0) is 20.8 Å². The average Bonchev–Trinajstić information content (AvgIpc) is 1.98. The number of ketones is 1. The van der Waals surface area contributed by atoms with Gasteiger partial charge < -0.3 is 15.6 Å². The van der Waals surface area contributed by atoms with Crippen molar-refractivity contribution in [1.29, 1.82) is 0 Å². The number of Topliss-reactive ketones (excluding diaryl/α,β-unsaturated/α-hetero) is 1. The van der Waals surface area contributed by atoms with Crippen LogP contribution in [0, 0.1) is 0 Å². The Labute approximate surface area is 87.4 Å². The maximum absolute atomic E-state index is 11.2. The Hall–Kier alpha value is -1.43. The second-order valence-electron chi connectivity index (χ2n) is 4.07. The van der Waals surface area contributed by atoms with E-state index < -0.39 is 35.8 Å². The zero-order valence-corrected chi connectivity index (χ0v) is 8.94. The van der Waals surface area contributed by atoms with Crippen LogP contribution in [-0.2, 0) is 19.1 Å². The molecule has 0 heterocycles. The lowest BCUT2D eigenvalue weighted by Crippen LogP contribution is -2.41. The smallest absolute Gasteiger partial charge is 0.376 e. The first kappa shape index (κ1) is 13.6. The molecule has 0 aromatic rings. The number of nitrogens with two attached hydrogens (primary N) is 1. The Kier molecular flexibility index (Phi) is 4.41. The fourth-order valence-corrected chi connectivity index (χ4v) is 0.761. The zero-order valence-electron chi connectivity index (χ0n) is 8.94. The Balaban J connectivity index is 4.33. The summed E-state index contributed by atoms with van der Waals surface area (Å²) >= 11 is 0. The van der Waals surface area contributed by atoms with E-state index in [1.165, 1.54) is 0 Å². The van der Waals surface area contributed by atoms with Crippen molar-refractivity contribution in [3.05, 3.63) is 0 Å². The number of hydrogen-bond acceptors (Lipinski definition) is 5. The third-order valence-corrected chi connectivity index (χ3v) is 1.33. The van der Waals surface area contributed by atoms with Gasteiger partial charge in [-0.3, -0.25) is 9.59 Å². The molecule has 0 fully saturated rings. The first-order valence-corrected chi connectivity index (χ1v) is 4.38. The molecule has 0 aromatic heterocycles. The summed E-state index contributed by atoms with van der Waals surface area (Å²) in [5.41, 5.74) is 4.41. The van der Waals surface area contributed by atoms with Crippen molar-refractivity contribution in [1.82, 2.24) is 0 Å². The summed E-state index contributed by atoms with van der Waals surface area (Å²) < 4.78 is 4.74. The molecule has 0 rings (SSSR count). The van der Waals surface area contributed by atoms with Crippen LogP contribution in [0.1, 0.15) is 27.2 Å². The highest BCUT2D eigenvalue weighted by molar-refractivity contribution is 6.36. The summed E-state index contributed by atoms with van der Waals surface area (Å²) in [5.74, 6) is -3.36. The first-order valence-electron chi connectivity index (χ1n) is 4.38. The summed E-state index contributed by atoms with van der Waals surface area (Å²) in [6, 6.07) is -1.35. The van der Waals surface area contributed by atoms with Crippen LogP contribution >= 0.6 is 0 Å². The highest BCUT2D eigenvalue weighted by atomic mass is 16.6. The van der Waals surface area contributed by atoms with Crippen LogP contribution in [0.4, 0.5) is 0 Å². The average molecular weight is 217 g/mol. The largest absolute Gasteiger partial charge is 0.481 e. The van der Waals surface area contributed by atoms with Gasteiger partial charge >= 0.3 is 11.9 Å². The number of ether oxygens (including phenoxy) is 1. The molecule has 15 heavy (non-hydrogen) atoms. The normalized spacial score (nSPS) is 13.1. The molecule has 6 nitrogen and oxygen atoms in total. The number of carboxylic acids is 1. The fraction of sp³-hybridized carbons (Fsp3) is 0.667. The van der Waals surface area contributed by atoms with Crippen LogP contribution in [-0.4, -0.2) is 34.5 Å². The molecular formula is C9H15NO5. The predicted molar refractivity (Wildman–Crippen MR) is 51.1 cm³/mol. The van der Waals surface area contributed by atoms with Crippen LogP contribution in [0.25, 0.3) is 0 Å². The molecule has 0 aliphatic carbocycles. The number of aliphatic carboxylic acids is 1. The summed E-state index contributed by atoms with van der Waals surface area (Å²) in [7, 11) is 0. The molecule has 0 amide bonds. The molecule has 0 spiro atoms. The summed E-state index contributed by atoms with van der Waals surface area (Å²) in [6.07, 6.45) is -0.585. The lowest BCUT2D eigenvalue weighted by Gasteiger charge is -2.19. The van der Waals surface area contributed by atoms with Crippen molar-refractivity contribution in [3.63, 3.8) is 0 Å². The van der Waals surface area contributed by atoms with Gasteiger partial charge in [-0.1, -0.05) is 0 Å². The first-order chi connectivity index (χ1) is 6.63. The van der Waals surface area contributed by atoms with Crippen LogP contribution in [0.15, 0.2) is 0 Å². The third-order valence-electron chi connectivity index (χ3n) is 1.33. The summed E-state index contributed by atoms with van der Waals surface area (Å²) in [4.78, 5) is 32.6. The van der Waals surface area contributed by atoms with Crippen molar-refractivity contribution in [2.45, 2.75) is 38.8 Å². The van der Waals surface area contributed by atoms with E-state index >= 15 is 0 Å². The highest BCUT2D eigenvalue weighted by Gasteiger charge is 2.28. The Bertz CT molecular complexity index is 279. The number of carbonyl (C=O) groups excluding carboxylic acids is 2. The Morgan fingerprint density at radius 3 is 2.13 bits per heavy atom. The van der Waals surface area contributed by atoms with Crippen LogP contribution in [0.2, 0.25) is 0 Å². The molecule has 3 N–H and O–H groups in total. The maximum Gasteiger partial charge on any atom is 0.376 e. The van der Waals surface area contributed by atoms with Gasteiger partial charge in [0.05, 0.1) is 12.5 Å². The second-order valence-corrected chi connectivity index (χ2v) is 4.07. The van der Waals surface area contributed by atoms with Crippen LogP contribution in [0.5, 0.6) is 0 Å². The number of rotatable bonds is 4. The van der Waals surface area contributed by atoms with Gasteiger partial charge in [0, 0.05) is 0 Å². The standard InChI is InChI=1S/C9H15NO5/c1-9(2,3)15-8(14)7(13)5(10)4-6(11)12/h5H,4,10H2,1-3H3,(H,11,12)/t5-/m0/s1. The number of hydrogen-bond donors (Lipinski definition) is 2. The van der Waals surface area contributed by atoms with Gasteiger partial charge in [0.1, 0.15) is 5.60 Å². The zero-order chi connectivity index (χ0) is 12.2. The van der Waals surface area contributed by atoms with E-state index in [9.17, 15) is 14.4 Å². The van der Waals surface area contributed by atoms with Gasteiger partial charge in [-0.2, -0.15) is 0 Å². The maximum atomic E-state index is 11.2. The van der Waals surface area contributed by atoms with Crippen molar-refractivity contribution < 1.29 is 24.2 Å². The number of esters is 1. The number of carboxylic acid groups (broad SMARTS) is 1. The van der Waals surface area contributed by atoms with E-state index in [1.807, 2.05) is 0 Å². The van der Waals surface area contributed by atoms with Crippen molar-refractivity contribution in [3.8, 4) is 0 Å². The van der Waals surface area contributed by atoms with Crippen molar-refractivity contribution in [2.75, 3.05) is 0 Å². The molecule has 0 radical (unpaired) electrons. The van der Waals surface area contributed by atoms with Crippen LogP contribution in [0.3, 0.4) is 0 Å². The molecule has 0 aliphatic heterocycles. The summed E-state index contributed by atoms with van der Waals surface area (Å²) in [5, 5.41) is 8.36. The van der Waals surface area contributed by atoms with E-state index in [-0.39, 0.29) is 0 Å². The molecule has 86 valence electrons. The predicted octanol–water partition coefficient (Wildman–Crippen LogP) is -0.301. The summed E-state index contributed by atoms with van der Waals surface area (Å²) in [6.45, 7) is 4.79. The molecular weight excluding hydrogens is 202 g/mol. The molecule has 0 saturated carbocycles. The third kappa shape index (κ3) is 5.79. The Morgan fingerprint density at radius 1 is 1.33 bits per heavy atom. The van der Waals surface area contributed by atoms with Crippen molar-refractivity contribution >= 4 is 17.7 Å². The minimum atomic E-state index is -1.35. The lowest BCUT2D eigenvalue weighted by molar-refractivity contribution is -0.163. The van der Waals surface area contributed by atoms with Gasteiger partial charge in [0.25, 0.3) is 5.78 Å². The molecule has 1 atom stereocenters. The monoisotopic (exact) mass is 217 g/mol. The quantitative estimate of drug-likeness (QED) is 0.494. The van der Waals surface area contributed by atoms with Crippen molar-refractivity contribution in [2.24, 2.45) is 5.73 Å². The van der Waals surface area contributed by atoms with Gasteiger partial charge in [0.2, 0.25) is 0 Å². The minimum Gasteiger partial charge on any atom is -0.481 e. The van der Waals surface area contributed by atoms with Gasteiger partial charge in [-0.25, -0.2) is 4.79 Å². The van der Waals surface area contributed by atoms with E-state index in [0.717, 1.165) is 0 Å². The molecule has 0 aromatic carbocycles. The molecule has 6 heteroatoms. The molecule has 0 aliphatic rings. The Morgan fingerprint density at radius 2 is 1.80 bits per heavy atom. The molecule has 0 bridgehead atoms. The minimum absolute atomic E-state index is 0.585. The second kappa shape index (κ2) is 4.88. The van der Waals surface area contributed by atoms with Gasteiger partial charge in [0.15, 0.2) is 0 Å². The van der Waals surface area contributed by atoms with E-state index in [1.54, 1.807) is 20.8 Å². The van der Waals surface area contributed by atoms with E-state index in [2.05, 4.69) is 0 Å². The lowest BCUT2D eigenvalue weighted by atomic mass is 10.1. The molecule has 0 unspecified atom stereocenters.